The Morgan fingerprint density at radius 1 is 0.917 bits per heavy atom. The fraction of sp³-hybridized carbons (Fsp3) is 0.424. The predicted octanol–water partition coefficient (Wildman–Crippen LogP) is 0.322. The molecular weight excluding hydrogens is 622 g/mol. The molecule has 2 atom stereocenters. The molecule has 2 N–H and O–H groups in total. The maximum Gasteiger partial charge on any atom is 0.331 e. The quantitative estimate of drug-likeness (QED) is 0.401. The number of pyridine rings is 1. The van der Waals surface area contributed by atoms with Gasteiger partial charge in [-0.05, 0) is 49.6 Å². The number of rotatable bonds is 3. The van der Waals surface area contributed by atoms with Crippen LogP contribution in [0.3, 0.4) is 0 Å². The molecule has 1 aromatic carbocycles. The number of carbonyl (C=O) groups excluding carboxylic acids is 4. The molecule has 0 unspecified atom stereocenters. The van der Waals surface area contributed by atoms with Crippen LogP contribution >= 0.6 is 0 Å². The minimum atomic E-state index is -0.983. The van der Waals surface area contributed by atoms with Crippen LogP contribution in [-0.4, -0.2) is 99.5 Å². The van der Waals surface area contributed by atoms with Crippen LogP contribution in [0.1, 0.15) is 57.0 Å². The van der Waals surface area contributed by atoms with Gasteiger partial charge in [0.2, 0.25) is 5.91 Å². The predicted molar refractivity (Wildman–Crippen MR) is 173 cm³/mol. The summed E-state index contributed by atoms with van der Waals surface area (Å²) in [5.74, 6) is -1.09. The van der Waals surface area contributed by atoms with Crippen molar-refractivity contribution < 1.29 is 28.7 Å². The number of nitrogens with one attached hydrogen (secondary N) is 2. The first-order valence-corrected chi connectivity index (χ1v) is 15.8. The molecule has 0 aliphatic carbocycles. The molecular formula is C33H39N7O8. The molecule has 15 nitrogen and oxygen atoms in total. The summed E-state index contributed by atoms with van der Waals surface area (Å²) in [7, 11) is 4.15. The Bertz CT molecular complexity index is 1810. The highest BCUT2D eigenvalue weighted by Gasteiger charge is 2.42. The zero-order valence-corrected chi connectivity index (χ0v) is 27.1. The SMILES string of the molecule is COc1ccc2cc1O[C@H]1C[C@@H](C(=O)NCCCCN(C(=O)c3ccccn3)CCCNC2=O)N(C(=O)c2cc(=O)n(C)c(=O)n2C)C1. The number of ether oxygens (including phenoxy) is 2. The number of benzene rings is 1. The average molecular weight is 662 g/mol. The minimum Gasteiger partial charge on any atom is -0.493 e. The van der Waals surface area contributed by atoms with E-state index in [1.807, 2.05) is 0 Å². The Hall–Kier alpha value is -5.47. The largest absolute Gasteiger partial charge is 0.493 e. The molecule has 2 aromatic heterocycles. The molecule has 3 aromatic rings. The van der Waals surface area contributed by atoms with Crippen molar-refractivity contribution in [3.05, 3.63) is 86.5 Å². The van der Waals surface area contributed by atoms with Gasteiger partial charge in [-0.15, -0.1) is 0 Å². The number of aromatic nitrogens is 3. The van der Waals surface area contributed by atoms with Crippen LogP contribution in [-0.2, 0) is 18.9 Å². The lowest BCUT2D eigenvalue weighted by molar-refractivity contribution is -0.124. The third-order valence-corrected chi connectivity index (χ3v) is 8.51. The molecule has 1 fully saturated rings. The van der Waals surface area contributed by atoms with Gasteiger partial charge in [0.25, 0.3) is 23.3 Å². The number of methoxy groups -OCH3 is 1. The Morgan fingerprint density at radius 2 is 1.69 bits per heavy atom. The Kier molecular flexibility index (Phi) is 10.6. The monoisotopic (exact) mass is 661 g/mol. The van der Waals surface area contributed by atoms with Crippen molar-refractivity contribution in [2.45, 2.75) is 37.8 Å². The summed E-state index contributed by atoms with van der Waals surface area (Å²) in [5, 5.41) is 5.79. The molecule has 1 saturated heterocycles. The molecule has 5 rings (SSSR count). The summed E-state index contributed by atoms with van der Waals surface area (Å²) in [6.45, 7) is 1.35. The van der Waals surface area contributed by atoms with Gasteiger partial charge in [-0.25, -0.2) is 4.79 Å². The van der Waals surface area contributed by atoms with Crippen molar-refractivity contribution in [2.75, 3.05) is 39.8 Å². The average Bonchev–Trinajstić information content (AvgIpc) is 3.52. The second kappa shape index (κ2) is 15.0. The van der Waals surface area contributed by atoms with Gasteiger partial charge in [0.15, 0.2) is 11.5 Å². The third kappa shape index (κ3) is 7.40. The molecule has 2 aliphatic rings. The molecule has 4 heterocycles. The van der Waals surface area contributed by atoms with Crippen LogP contribution in [0, 0.1) is 0 Å². The smallest absolute Gasteiger partial charge is 0.331 e. The number of nitrogens with zero attached hydrogens (tertiary/aromatic N) is 5. The Morgan fingerprint density at radius 3 is 2.44 bits per heavy atom. The maximum atomic E-state index is 13.8. The van der Waals surface area contributed by atoms with Gasteiger partial charge in [-0.3, -0.25) is 38.1 Å². The summed E-state index contributed by atoms with van der Waals surface area (Å²) in [6.07, 6.45) is 2.59. The van der Waals surface area contributed by atoms with Crippen molar-refractivity contribution >= 4 is 23.6 Å². The Labute approximate surface area is 276 Å². The fourth-order valence-corrected chi connectivity index (χ4v) is 5.83. The van der Waals surface area contributed by atoms with Gasteiger partial charge in [-0.2, -0.15) is 0 Å². The molecule has 2 aliphatic heterocycles. The molecule has 48 heavy (non-hydrogen) atoms. The van der Waals surface area contributed by atoms with Crippen LogP contribution in [0.15, 0.2) is 58.3 Å². The van der Waals surface area contributed by atoms with Crippen molar-refractivity contribution in [3.8, 4) is 11.5 Å². The highest BCUT2D eigenvalue weighted by molar-refractivity contribution is 5.97. The molecule has 0 radical (unpaired) electrons. The summed E-state index contributed by atoms with van der Waals surface area (Å²) in [4.78, 5) is 86.0. The van der Waals surface area contributed by atoms with E-state index in [0.717, 1.165) is 15.2 Å². The zero-order valence-electron chi connectivity index (χ0n) is 27.1. The van der Waals surface area contributed by atoms with Crippen molar-refractivity contribution in [1.29, 1.82) is 0 Å². The number of hydrogen-bond donors (Lipinski definition) is 2. The number of likely N-dealkylation sites (tertiary alicyclic amines) is 1. The van der Waals surface area contributed by atoms with Gasteiger partial charge in [0, 0.05) is 64.5 Å². The van der Waals surface area contributed by atoms with E-state index >= 15 is 0 Å². The van der Waals surface area contributed by atoms with E-state index in [0.29, 0.717) is 55.9 Å². The first-order valence-electron chi connectivity index (χ1n) is 15.8. The van der Waals surface area contributed by atoms with E-state index in [-0.39, 0.29) is 42.8 Å². The summed E-state index contributed by atoms with van der Waals surface area (Å²) in [5.41, 5.74) is -0.876. The Balaban J connectivity index is 1.43. The van der Waals surface area contributed by atoms with Crippen LogP contribution in [0.4, 0.5) is 0 Å². The highest BCUT2D eigenvalue weighted by atomic mass is 16.5. The topological polar surface area (TPSA) is 174 Å². The van der Waals surface area contributed by atoms with Crippen LogP contribution in [0.5, 0.6) is 11.5 Å². The van der Waals surface area contributed by atoms with E-state index in [9.17, 15) is 28.8 Å². The molecule has 0 saturated carbocycles. The maximum absolute atomic E-state index is 13.8. The van der Waals surface area contributed by atoms with Gasteiger partial charge >= 0.3 is 5.69 Å². The molecule has 0 spiro atoms. The second-order valence-electron chi connectivity index (χ2n) is 11.7. The van der Waals surface area contributed by atoms with Gasteiger partial charge in [-0.1, -0.05) is 6.07 Å². The number of hydrogen-bond acceptors (Lipinski definition) is 9. The lowest BCUT2D eigenvalue weighted by Gasteiger charge is -2.25. The van der Waals surface area contributed by atoms with E-state index < -0.39 is 35.2 Å². The minimum absolute atomic E-state index is 0.0372. The van der Waals surface area contributed by atoms with Gasteiger partial charge < -0.3 is 29.9 Å². The first kappa shape index (κ1) is 33.9. The van der Waals surface area contributed by atoms with Crippen molar-refractivity contribution in [2.24, 2.45) is 14.1 Å². The van der Waals surface area contributed by atoms with Crippen LogP contribution < -0.4 is 31.4 Å². The van der Waals surface area contributed by atoms with E-state index in [4.69, 9.17) is 9.47 Å². The van der Waals surface area contributed by atoms with E-state index in [1.54, 1.807) is 41.4 Å². The fourth-order valence-electron chi connectivity index (χ4n) is 5.83. The summed E-state index contributed by atoms with van der Waals surface area (Å²) in [6, 6.07) is 9.93. The normalized spacial score (nSPS) is 19.2. The zero-order chi connectivity index (χ0) is 34.4. The van der Waals surface area contributed by atoms with Gasteiger partial charge in [0.1, 0.15) is 23.5 Å². The van der Waals surface area contributed by atoms with E-state index in [1.165, 1.54) is 32.2 Å². The lowest BCUT2D eigenvalue weighted by Crippen LogP contribution is -2.48. The standard InChI is InChI=1S/C33H39N7O8/c1-37-25(19-28(41)38(2)33(37)46)32(45)40-20-22-18-24(40)30(43)36-13-6-7-15-39(31(44)23-9-4-5-12-34-23)16-8-14-35-29(42)21-10-11-26(47-3)27(17-21)48-22/h4-5,9-12,17,19,22,24H,6-8,13-16,18,20H2,1-3H3,(H,35,42)(H,36,43)/t22-,24-/m0/s1. The number of amides is 4. The second-order valence-corrected chi connectivity index (χ2v) is 11.7. The van der Waals surface area contributed by atoms with Gasteiger partial charge in [0.05, 0.1) is 13.7 Å². The van der Waals surface area contributed by atoms with Crippen LogP contribution in [0.25, 0.3) is 0 Å². The summed E-state index contributed by atoms with van der Waals surface area (Å²) >= 11 is 0. The third-order valence-electron chi connectivity index (χ3n) is 8.51. The molecule has 4 amide bonds. The van der Waals surface area contributed by atoms with Crippen molar-refractivity contribution in [3.63, 3.8) is 0 Å². The van der Waals surface area contributed by atoms with Crippen molar-refractivity contribution in [1.82, 2.24) is 34.6 Å². The first-order chi connectivity index (χ1) is 23.1. The molecule has 254 valence electrons. The summed E-state index contributed by atoms with van der Waals surface area (Å²) < 4.78 is 13.7. The number of fused-ring (bicyclic) bond motifs is 4. The number of carbonyl (C=O) groups is 4. The molecule has 4 bridgehead atoms. The molecule has 15 heteroatoms. The lowest BCUT2D eigenvalue weighted by atomic mass is 10.1. The van der Waals surface area contributed by atoms with E-state index in [2.05, 4.69) is 15.6 Å². The highest BCUT2D eigenvalue weighted by Crippen LogP contribution is 2.32. The van der Waals surface area contributed by atoms with Crippen LogP contribution in [0.2, 0.25) is 0 Å².